The van der Waals surface area contributed by atoms with E-state index in [9.17, 15) is 0 Å². The fourth-order valence-corrected chi connectivity index (χ4v) is 2.23. The molecular weight excluding hydrogens is 192 g/mol. The Bertz CT molecular complexity index is 471. The summed E-state index contributed by atoms with van der Waals surface area (Å²) in [5, 5.41) is 0. The molecule has 1 nitrogen and oxygen atoms in total. The van der Waals surface area contributed by atoms with Crippen molar-refractivity contribution < 1.29 is 4.74 Å². The maximum absolute atomic E-state index is 5.70. The van der Waals surface area contributed by atoms with Crippen molar-refractivity contribution >= 4 is 17.1 Å². The van der Waals surface area contributed by atoms with Gasteiger partial charge in [0.1, 0.15) is 11.5 Å². The molecule has 3 rings (SSSR count). The minimum atomic E-state index is 0.172. The third-order valence-corrected chi connectivity index (χ3v) is 2.92. The van der Waals surface area contributed by atoms with Gasteiger partial charge in [-0.25, -0.2) is 0 Å². The minimum absolute atomic E-state index is 0.172. The van der Waals surface area contributed by atoms with Crippen molar-refractivity contribution in [2.75, 3.05) is 0 Å². The highest BCUT2D eigenvalue weighted by atomic mass is 32.1. The second kappa shape index (κ2) is 2.79. The molecule has 0 saturated heterocycles. The fourth-order valence-electron chi connectivity index (χ4n) is 1.91. The van der Waals surface area contributed by atoms with Gasteiger partial charge in [-0.3, -0.25) is 0 Å². The zero-order valence-electron chi connectivity index (χ0n) is 7.44. The van der Waals surface area contributed by atoms with Gasteiger partial charge in [-0.05, 0) is 18.2 Å². The second-order valence-corrected chi connectivity index (χ2v) is 3.87. The first-order valence-corrected chi connectivity index (χ1v) is 4.96. The molecule has 0 radical (unpaired) electrons. The maximum atomic E-state index is 5.70. The first-order chi connectivity index (χ1) is 6.86. The van der Waals surface area contributed by atoms with E-state index in [1.165, 1.54) is 5.56 Å². The number of para-hydroxylation sites is 1. The van der Waals surface area contributed by atoms with Crippen LogP contribution in [0.25, 0.3) is 0 Å². The van der Waals surface area contributed by atoms with Crippen LogP contribution in [0.4, 0.5) is 0 Å². The zero-order valence-corrected chi connectivity index (χ0v) is 8.25. The Labute approximate surface area is 87.7 Å². The molecule has 1 aliphatic heterocycles. The Morgan fingerprint density at radius 2 is 2.07 bits per heavy atom. The van der Waals surface area contributed by atoms with Gasteiger partial charge in [0.05, 0.1) is 5.92 Å². The Hall–Kier alpha value is -1.41. The maximum Gasteiger partial charge on any atom is 0.131 e. The van der Waals surface area contributed by atoms with Crippen molar-refractivity contribution in [1.82, 2.24) is 0 Å². The minimum Gasteiger partial charge on any atom is -0.460 e. The SMILES string of the molecule is S=C1C=CC=C2Oc3ccccc3C12. The van der Waals surface area contributed by atoms with Crippen LogP contribution < -0.4 is 4.74 Å². The summed E-state index contributed by atoms with van der Waals surface area (Å²) in [7, 11) is 0. The number of allylic oxidation sites excluding steroid dienone is 4. The van der Waals surface area contributed by atoms with Crippen LogP contribution in [0.2, 0.25) is 0 Å². The topological polar surface area (TPSA) is 9.23 Å². The molecule has 0 N–H and O–H groups in total. The van der Waals surface area contributed by atoms with Crippen LogP contribution in [0, 0.1) is 0 Å². The van der Waals surface area contributed by atoms with Crippen LogP contribution in [0.3, 0.4) is 0 Å². The summed E-state index contributed by atoms with van der Waals surface area (Å²) in [5.41, 5.74) is 1.19. The van der Waals surface area contributed by atoms with Crippen molar-refractivity contribution in [3.63, 3.8) is 0 Å². The fraction of sp³-hybridized carbons (Fsp3) is 0.0833. The van der Waals surface area contributed by atoms with E-state index in [1.54, 1.807) is 0 Å². The molecule has 1 aromatic rings. The average Bonchev–Trinajstić information content (AvgIpc) is 2.57. The normalized spacial score (nSPS) is 22.4. The number of benzene rings is 1. The van der Waals surface area contributed by atoms with Crippen molar-refractivity contribution in [2.45, 2.75) is 5.92 Å². The van der Waals surface area contributed by atoms with Gasteiger partial charge in [-0.15, -0.1) is 0 Å². The Morgan fingerprint density at radius 1 is 1.21 bits per heavy atom. The number of rotatable bonds is 0. The zero-order chi connectivity index (χ0) is 9.54. The van der Waals surface area contributed by atoms with E-state index in [0.717, 1.165) is 16.4 Å². The van der Waals surface area contributed by atoms with Gasteiger partial charge < -0.3 is 4.74 Å². The summed E-state index contributed by atoms with van der Waals surface area (Å²) in [4.78, 5) is 0.937. The van der Waals surface area contributed by atoms with Crippen LogP contribution in [0.1, 0.15) is 11.5 Å². The molecule has 1 aliphatic carbocycles. The van der Waals surface area contributed by atoms with Gasteiger partial charge in [0.15, 0.2) is 0 Å². The molecule has 2 aliphatic rings. The molecule has 1 heterocycles. The van der Waals surface area contributed by atoms with Gasteiger partial charge in [0.25, 0.3) is 0 Å². The monoisotopic (exact) mass is 200 g/mol. The highest BCUT2D eigenvalue weighted by molar-refractivity contribution is 7.80. The van der Waals surface area contributed by atoms with Gasteiger partial charge in [0, 0.05) is 10.4 Å². The molecule has 2 heteroatoms. The molecule has 0 amide bonds. The standard InChI is InChI=1S/C12H8OS/c14-11-7-3-6-10-12(11)8-4-1-2-5-9(8)13-10/h1-7,12H. The predicted molar refractivity (Wildman–Crippen MR) is 59.6 cm³/mol. The highest BCUT2D eigenvalue weighted by Gasteiger charge is 2.32. The number of ether oxygens (including phenoxy) is 1. The Kier molecular flexibility index (Phi) is 1.58. The van der Waals surface area contributed by atoms with E-state index in [2.05, 4.69) is 6.07 Å². The van der Waals surface area contributed by atoms with E-state index in [4.69, 9.17) is 17.0 Å². The third kappa shape index (κ3) is 0.976. The second-order valence-electron chi connectivity index (χ2n) is 3.40. The number of hydrogen-bond acceptors (Lipinski definition) is 2. The van der Waals surface area contributed by atoms with Crippen LogP contribution in [-0.4, -0.2) is 4.86 Å². The molecule has 0 aromatic heterocycles. The van der Waals surface area contributed by atoms with E-state index in [1.807, 2.05) is 36.4 Å². The van der Waals surface area contributed by atoms with Crippen LogP contribution >= 0.6 is 12.2 Å². The third-order valence-electron chi connectivity index (χ3n) is 2.55. The molecule has 0 fully saturated rings. The quantitative estimate of drug-likeness (QED) is 0.595. The lowest BCUT2D eigenvalue weighted by Crippen LogP contribution is -2.10. The Balaban J connectivity index is 2.19. The Morgan fingerprint density at radius 3 is 3.00 bits per heavy atom. The summed E-state index contributed by atoms with van der Waals surface area (Å²) in [6.45, 7) is 0. The van der Waals surface area contributed by atoms with Crippen molar-refractivity contribution in [3.05, 3.63) is 53.8 Å². The van der Waals surface area contributed by atoms with E-state index in [-0.39, 0.29) is 5.92 Å². The van der Waals surface area contributed by atoms with Gasteiger partial charge >= 0.3 is 0 Å². The molecule has 14 heavy (non-hydrogen) atoms. The van der Waals surface area contributed by atoms with Crippen LogP contribution in [-0.2, 0) is 0 Å². The van der Waals surface area contributed by atoms with E-state index in [0.29, 0.717) is 0 Å². The lowest BCUT2D eigenvalue weighted by molar-refractivity contribution is 0.441. The van der Waals surface area contributed by atoms with Crippen molar-refractivity contribution in [2.24, 2.45) is 0 Å². The molecule has 1 atom stereocenters. The summed E-state index contributed by atoms with van der Waals surface area (Å²) < 4.78 is 5.70. The van der Waals surface area contributed by atoms with Crippen molar-refractivity contribution in [3.8, 4) is 5.75 Å². The van der Waals surface area contributed by atoms with E-state index >= 15 is 0 Å². The number of thiocarbonyl (C=S) groups is 1. The lowest BCUT2D eigenvalue weighted by Gasteiger charge is -2.12. The molecular formula is C12H8OS. The molecule has 68 valence electrons. The van der Waals surface area contributed by atoms with Crippen LogP contribution in [0.15, 0.2) is 48.3 Å². The van der Waals surface area contributed by atoms with Gasteiger partial charge in [-0.1, -0.05) is 36.5 Å². The van der Waals surface area contributed by atoms with Crippen LogP contribution in [0.5, 0.6) is 5.75 Å². The summed E-state index contributed by atoms with van der Waals surface area (Å²) in [6.07, 6.45) is 5.90. The predicted octanol–water partition coefficient (Wildman–Crippen LogP) is 2.99. The molecule has 0 bridgehead atoms. The molecule has 0 spiro atoms. The van der Waals surface area contributed by atoms with Gasteiger partial charge in [0.2, 0.25) is 0 Å². The number of hydrogen-bond donors (Lipinski definition) is 0. The summed E-state index contributed by atoms with van der Waals surface area (Å²) >= 11 is 5.31. The highest BCUT2D eigenvalue weighted by Crippen LogP contribution is 2.42. The largest absolute Gasteiger partial charge is 0.460 e. The number of fused-ring (bicyclic) bond motifs is 3. The summed E-state index contributed by atoms with van der Waals surface area (Å²) in [6, 6.07) is 8.06. The summed E-state index contributed by atoms with van der Waals surface area (Å²) in [5.74, 6) is 2.07. The first kappa shape index (κ1) is 7.94. The average molecular weight is 200 g/mol. The molecule has 0 saturated carbocycles. The molecule has 1 aromatic carbocycles. The van der Waals surface area contributed by atoms with Gasteiger partial charge in [-0.2, -0.15) is 0 Å². The van der Waals surface area contributed by atoms with E-state index < -0.39 is 0 Å². The lowest BCUT2D eigenvalue weighted by atomic mass is 9.92. The molecule has 1 unspecified atom stereocenters. The van der Waals surface area contributed by atoms with Crippen molar-refractivity contribution in [1.29, 1.82) is 0 Å². The first-order valence-electron chi connectivity index (χ1n) is 4.55. The smallest absolute Gasteiger partial charge is 0.131 e.